The van der Waals surface area contributed by atoms with Gasteiger partial charge in [0.25, 0.3) is 0 Å². The van der Waals surface area contributed by atoms with Crippen LogP contribution in [0.1, 0.15) is 59.3 Å². The standard InChI is InChI=1S/C12H24O/c1-10(2)6-4-7-11-8-5-9-12(11,3)13/h10-11,13H,4-9H2,1-3H3. The molecule has 1 N–H and O–H groups in total. The van der Waals surface area contributed by atoms with Gasteiger partial charge < -0.3 is 5.11 Å². The Balaban J connectivity index is 2.21. The molecule has 78 valence electrons. The highest BCUT2D eigenvalue weighted by molar-refractivity contribution is 4.87. The summed E-state index contributed by atoms with van der Waals surface area (Å²) >= 11 is 0. The fraction of sp³-hybridized carbons (Fsp3) is 1.00. The smallest absolute Gasteiger partial charge is 0.0647 e. The van der Waals surface area contributed by atoms with Crippen LogP contribution in [-0.2, 0) is 0 Å². The van der Waals surface area contributed by atoms with Gasteiger partial charge in [-0.1, -0.05) is 33.1 Å². The van der Waals surface area contributed by atoms with Crippen molar-refractivity contribution in [2.75, 3.05) is 0 Å². The summed E-state index contributed by atoms with van der Waals surface area (Å²) in [6, 6.07) is 0. The van der Waals surface area contributed by atoms with E-state index in [1.807, 2.05) is 6.92 Å². The topological polar surface area (TPSA) is 20.2 Å². The molecule has 1 heteroatoms. The Morgan fingerprint density at radius 3 is 2.62 bits per heavy atom. The summed E-state index contributed by atoms with van der Waals surface area (Å²) in [7, 11) is 0. The molecular formula is C12H24O. The summed E-state index contributed by atoms with van der Waals surface area (Å²) in [6.07, 6.45) is 7.31. The highest BCUT2D eigenvalue weighted by Crippen LogP contribution is 2.38. The molecule has 0 radical (unpaired) electrons. The molecule has 1 aliphatic carbocycles. The Hall–Kier alpha value is -0.0400. The summed E-state index contributed by atoms with van der Waals surface area (Å²) < 4.78 is 0. The van der Waals surface area contributed by atoms with Crippen molar-refractivity contribution in [2.24, 2.45) is 11.8 Å². The van der Waals surface area contributed by atoms with Crippen molar-refractivity contribution in [3.05, 3.63) is 0 Å². The Kier molecular flexibility index (Phi) is 3.78. The molecule has 0 aromatic rings. The van der Waals surface area contributed by atoms with Crippen LogP contribution in [0.5, 0.6) is 0 Å². The summed E-state index contributed by atoms with van der Waals surface area (Å²) in [5, 5.41) is 10.0. The van der Waals surface area contributed by atoms with E-state index in [-0.39, 0.29) is 5.60 Å². The summed E-state index contributed by atoms with van der Waals surface area (Å²) in [6.45, 7) is 6.56. The first-order valence-corrected chi connectivity index (χ1v) is 5.75. The average molecular weight is 184 g/mol. The predicted molar refractivity (Wildman–Crippen MR) is 56.7 cm³/mol. The number of hydrogen-bond donors (Lipinski definition) is 1. The van der Waals surface area contributed by atoms with E-state index >= 15 is 0 Å². The highest BCUT2D eigenvalue weighted by Gasteiger charge is 2.35. The molecule has 1 fully saturated rings. The summed E-state index contributed by atoms with van der Waals surface area (Å²) in [5.41, 5.74) is -0.350. The van der Waals surface area contributed by atoms with Crippen molar-refractivity contribution in [3.8, 4) is 0 Å². The van der Waals surface area contributed by atoms with Crippen LogP contribution in [0.15, 0.2) is 0 Å². The van der Waals surface area contributed by atoms with E-state index in [1.54, 1.807) is 0 Å². The second kappa shape index (κ2) is 4.45. The molecule has 0 aromatic heterocycles. The maximum atomic E-state index is 10.0. The van der Waals surface area contributed by atoms with E-state index in [4.69, 9.17) is 0 Å². The van der Waals surface area contributed by atoms with Gasteiger partial charge in [0, 0.05) is 0 Å². The minimum Gasteiger partial charge on any atom is -0.390 e. The van der Waals surface area contributed by atoms with Gasteiger partial charge in [-0.2, -0.15) is 0 Å². The van der Waals surface area contributed by atoms with Crippen LogP contribution < -0.4 is 0 Å². The molecule has 1 saturated carbocycles. The molecule has 13 heavy (non-hydrogen) atoms. The fourth-order valence-electron chi connectivity index (χ4n) is 2.45. The molecule has 0 heterocycles. The van der Waals surface area contributed by atoms with Gasteiger partial charge in [-0.3, -0.25) is 0 Å². The van der Waals surface area contributed by atoms with Crippen molar-refractivity contribution in [2.45, 2.75) is 64.9 Å². The number of aliphatic hydroxyl groups is 1. The van der Waals surface area contributed by atoms with Crippen LogP contribution >= 0.6 is 0 Å². The Morgan fingerprint density at radius 1 is 1.46 bits per heavy atom. The summed E-state index contributed by atoms with van der Waals surface area (Å²) in [4.78, 5) is 0. The van der Waals surface area contributed by atoms with Gasteiger partial charge in [0.1, 0.15) is 0 Å². The van der Waals surface area contributed by atoms with E-state index in [2.05, 4.69) is 13.8 Å². The van der Waals surface area contributed by atoms with Crippen molar-refractivity contribution >= 4 is 0 Å². The largest absolute Gasteiger partial charge is 0.390 e. The van der Waals surface area contributed by atoms with Gasteiger partial charge in [-0.25, -0.2) is 0 Å². The van der Waals surface area contributed by atoms with Gasteiger partial charge in [0.2, 0.25) is 0 Å². The molecule has 0 saturated heterocycles. The van der Waals surface area contributed by atoms with Crippen molar-refractivity contribution in [3.63, 3.8) is 0 Å². The fourth-order valence-corrected chi connectivity index (χ4v) is 2.45. The van der Waals surface area contributed by atoms with Crippen molar-refractivity contribution in [1.29, 1.82) is 0 Å². The minimum absolute atomic E-state index is 0.350. The molecular weight excluding hydrogens is 160 g/mol. The molecule has 1 nitrogen and oxygen atoms in total. The second-order valence-corrected chi connectivity index (χ2v) is 5.27. The SMILES string of the molecule is CC(C)CCCC1CCCC1(C)O. The molecule has 0 aromatic carbocycles. The Bertz CT molecular complexity index is 149. The first-order valence-electron chi connectivity index (χ1n) is 5.75. The molecule has 0 aliphatic heterocycles. The zero-order chi connectivity index (χ0) is 9.90. The monoisotopic (exact) mass is 184 g/mol. The third-order valence-corrected chi connectivity index (χ3v) is 3.45. The molecule has 2 atom stereocenters. The molecule has 2 unspecified atom stereocenters. The van der Waals surface area contributed by atoms with E-state index in [0.29, 0.717) is 5.92 Å². The predicted octanol–water partition coefficient (Wildman–Crippen LogP) is 3.36. The first-order chi connectivity index (χ1) is 6.02. The maximum absolute atomic E-state index is 10.0. The van der Waals surface area contributed by atoms with Gasteiger partial charge in [-0.05, 0) is 38.0 Å². The van der Waals surface area contributed by atoms with Crippen LogP contribution in [-0.4, -0.2) is 10.7 Å². The summed E-state index contributed by atoms with van der Waals surface area (Å²) in [5.74, 6) is 1.39. The molecule has 1 rings (SSSR count). The third-order valence-electron chi connectivity index (χ3n) is 3.45. The third kappa shape index (κ3) is 3.30. The van der Waals surface area contributed by atoms with Gasteiger partial charge in [0.15, 0.2) is 0 Å². The van der Waals surface area contributed by atoms with Crippen LogP contribution in [0.2, 0.25) is 0 Å². The van der Waals surface area contributed by atoms with Crippen LogP contribution in [0, 0.1) is 11.8 Å². The van der Waals surface area contributed by atoms with Crippen molar-refractivity contribution < 1.29 is 5.11 Å². The van der Waals surface area contributed by atoms with Crippen LogP contribution in [0.4, 0.5) is 0 Å². The zero-order valence-corrected chi connectivity index (χ0v) is 9.34. The highest BCUT2D eigenvalue weighted by atomic mass is 16.3. The Labute approximate surface area is 82.5 Å². The lowest BCUT2D eigenvalue weighted by Gasteiger charge is -2.25. The quantitative estimate of drug-likeness (QED) is 0.710. The molecule has 0 spiro atoms. The normalized spacial score (nSPS) is 34.4. The van der Waals surface area contributed by atoms with Gasteiger partial charge >= 0.3 is 0 Å². The van der Waals surface area contributed by atoms with E-state index in [1.165, 1.54) is 32.1 Å². The molecule has 0 amide bonds. The molecule has 0 bridgehead atoms. The van der Waals surface area contributed by atoms with E-state index in [0.717, 1.165) is 12.3 Å². The lowest BCUT2D eigenvalue weighted by molar-refractivity contribution is 0.0167. The van der Waals surface area contributed by atoms with Gasteiger partial charge in [-0.15, -0.1) is 0 Å². The average Bonchev–Trinajstić information content (AvgIpc) is 2.30. The van der Waals surface area contributed by atoms with Gasteiger partial charge in [0.05, 0.1) is 5.60 Å². The zero-order valence-electron chi connectivity index (χ0n) is 9.34. The van der Waals surface area contributed by atoms with Crippen LogP contribution in [0.25, 0.3) is 0 Å². The van der Waals surface area contributed by atoms with E-state index < -0.39 is 0 Å². The number of rotatable bonds is 4. The lowest BCUT2D eigenvalue weighted by Crippen LogP contribution is -2.28. The maximum Gasteiger partial charge on any atom is 0.0647 e. The van der Waals surface area contributed by atoms with Crippen molar-refractivity contribution in [1.82, 2.24) is 0 Å². The second-order valence-electron chi connectivity index (χ2n) is 5.27. The van der Waals surface area contributed by atoms with Crippen LogP contribution in [0.3, 0.4) is 0 Å². The molecule has 1 aliphatic rings. The number of hydrogen-bond acceptors (Lipinski definition) is 1. The first kappa shape index (κ1) is 11.0. The minimum atomic E-state index is -0.350. The lowest BCUT2D eigenvalue weighted by atomic mass is 9.87. The van der Waals surface area contributed by atoms with E-state index in [9.17, 15) is 5.11 Å². The Morgan fingerprint density at radius 2 is 2.15 bits per heavy atom.